The molecule has 1 aromatic rings. The molecule has 1 aromatic carbocycles. The zero-order valence-corrected chi connectivity index (χ0v) is 7.86. The van der Waals surface area contributed by atoms with Crippen LogP contribution in [0.4, 0.5) is 5.69 Å². The summed E-state index contributed by atoms with van der Waals surface area (Å²) in [5.41, 5.74) is 7.57. The third-order valence-corrected chi connectivity index (χ3v) is 3.12. The molecular formula is C9H10N2OS. The van der Waals surface area contributed by atoms with Gasteiger partial charge in [-0.25, -0.2) is 0 Å². The van der Waals surface area contributed by atoms with Crippen molar-refractivity contribution in [3.8, 4) is 0 Å². The average Bonchev–Trinajstić information content (AvgIpc) is 2.16. The highest BCUT2D eigenvalue weighted by atomic mass is 32.2. The second-order valence-electron chi connectivity index (χ2n) is 2.83. The van der Waals surface area contributed by atoms with E-state index in [0.29, 0.717) is 12.3 Å². The fraction of sp³-hybridized carbons (Fsp3) is 0.222. The van der Waals surface area contributed by atoms with Crippen molar-refractivity contribution in [2.45, 2.75) is 11.4 Å². The van der Waals surface area contributed by atoms with Gasteiger partial charge in [0, 0.05) is 11.4 Å². The summed E-state index contributed by atoms with van der Waals surface area (Å²) >= 11 is 1.56. The van der Waals surface area contributed by atoms with Crippen LogP contribution in [0.15, 0.2) is 23.1 Å². The molecule has 4 heteroatoms. The lowest BCUT2D eigenvalue weighted by molar-refractivity contribution is -0.113. The van der Waals surface area contributed by atoms with Crippen molar-refractivity contribution in [3.05, 3.63) is 23.8 Å². The number of nitrogens with two attached hydrogens (primary N) is 1. The van der Waals surface area contributed by atoms with E-state index in [1.54, 1.807) is 11.8 Å². The third kappa shape index (κ3) is 1.55. The predicted octanol–water partition coefficient (Wildman–Crippen LogP) is 1.19. The highest BCUT2D eigenvalue weighted by molar-refractivity contribution is 8.00. The van der Waals surface area contributed by atoms with Gasteiger partial charge in [-0.3, -0.25) is 4.79 Å². The van der Waals surface area contributed by atoms with Crippen molar-refractivity contribution in [2.75, 3.05) is 11.1 Å². The molecule has 0 atom stereocenters. The van der Waals surface area contributed by atoms with Crippen molar-refractivity contribution in [1.29, 1.82) is 0 Å². The third-order valence-electron chi connectivity index (χ3n) is 1.94. The van der Waals surface area contributed by atoms with E-state index in [-0.39, 0.29) is 5.91 Å². The maximum Gasteiger partial charge on any atom is 0.234 e. The molecule has 1 aliphatic rings. The first kappa shape index (κ1) is 8.59. The van der Waals surface area contributed by atoms with E-state index >= 15 is 0 Å². The number of anilines is 1. The number of carbonyl (C=O) groups is 1. The molecule has 0 bridgehead atoms. The Bertz CT molecular complexity index is 351. The molecule has 2 rings (SSSR count). The van der Waals surface area contributed by atoms with Crippen LogP contribution < -0.4 is 11.1 Å². The summed E-state index contributed by atoms with van der Waals surface area (Å²) in [6, 6.07) is 5.80. The lowest BCUT2D eigenvalue weighted by Crippen LogP contribution is -2.19. The number of benzene rings is 1. The SMILES string of the molecule is NCc1cccc2c1SCC(=O)N2. The summed E-state index contributed by atoms with van der Waals surface area (Å²) in [4.78, 5) is 12.2. The molecule has 3 nitrogen and oxygen atoms in total. The zero-order chi connectivity index (χ0) is 9.26. The molecule has 0 saturated heterocycles. The molecule has 1 aliphatic heterocycles. The Kier molecular flexibility index (Phi) is 2.24. The molecule has 0 saturated carbocycles. The largest absolute Gasteiger partial charge is 0.326 e. The van der Waals surface area contributed by atoms with Gasteiger partial charge in [0.1, 0.15) is 0 Å². The van der Waals surface area contributed by atoms with Gasteiger partial charge in [-0.15, -0.1) is 11.8 Å². The first-order valence-electron chi connectivity index (χ1n) is 4.06. The first-order valence-corrected chi connectivity index (χ1v) is 5.04. The van der Waals surface area contributed by atoms with Crippen LogP contribution in [0.25, 0.3) is 0 Å². The molecule has 0 aromatic heterocycles. The summed E-state index contributed by atoms with van der Waals surface area (Å²) in [7, 11) is 0. The number of rotatable bonds is 1. The highest BCUT2D eigenvalue weighted by Crippen LogP contribution is 2.33. The topological polar surface area (TPSA) is 55.1 Å². The van der Waals surface area contributed by atoms with Crippen LogP contribution in [0.2, 0.25) is 0 Å². The van der Waals surface area contributed by atoms with E-state index < -0.39 is 0 Å². The summed E-state index contributed by atoms with van der Waals surface area (Å²) in [6.45, 7) is 0.520. The van der Waals surface area contributed by atoms with Crippen LogP contribution in [-0.2, 0) is 11.3 Å². The van der Waals surface area contributed by atoms with Crippen LogP contribution >= 0.6 is 11.8 Å². The van der Waals surface area contributed by atoms with E-state index in [0.717, 1.165) is 16.1 Å². The Hall–Kier alpha value is -1.00. The smallest absolute Gasteiger partial charge is 0.234 e. The Morgan fingerprint density at radius 1 is 1.54 bits per heavy atom. The monoisotopic (exact) mass is 194 g/mol. The van der Waals surface area contributed by atoms with Crippen molar-refractivity contribution in [3.63, 3.8) is 0 Å². The van der Waals surface area contributed by atoms with Gasteiger partial charge in [0.2, 0.25) is 5.91 Å². The second kappa shape index (κ2) is 3.40. The quantitative estimate of drug-likeness (QED) is 0.706. The van der Waals surface area contributed by atoms with Crippen molar-refractivity contribution < 1.29 is 4.79 Å². The highest BCUT2D eigenvalue weighted by Gasteiger charge is 2.16. The van der Waals surface area contributed by atoms with Crippen molar-refractivity contribution in [1.82, 2.24) is 0 Å². The summed E-state index contributed by atoms with van der Waals surface area (Å²) < 4.78 is 0. The fourth-order valence-corrected chi connectivity index (χ4v) is 2.30. The molecule has 13 heavy (non-hydrogen) atoms. The lowest BCUT2D eigenvalue weighted by atomic mass is 10.2. The minimum atomic E-state index is 0.0617. The first-order chi connectivity index (χ1) is 6.31. The number of hydrogen-bond acceptors (Lipinski definition) is 3. The minimum Gasteiger partial charge on any atom is -0.326 e. The summed E-state index contributed by atoms with van der Waals surface area (Å²) in [5, 5.41) is 2.82. The fourth-order valence-electron chi connectivity index (χ4n) is 1.34. The normalized spacial score (nSPS) is 15.0. The van der Waals surface area contributed by atoms with Crippen LogP contribution in [0, 0.1) is 0 Å². The number of carbonyl (C=O) groups excluding carboxylic acids is 1. The molecule has 0 aliphatic carbocycles. The Morgan fingerprint density at radius 3 is 3.15 bits per heavy atom. The molecule has 1 amide bonds. The Morgan fingerprint density at radius 2 is 2.38 bits per heavy atom. The van der Waals surface area contributed by atoms with Gasteiger partial charge in [-0.1, -0.05) is 12.1 Å². The van der Waals surface area contributed by atoms with Gasteiger partial charge >= 0.3 is 0 Å². The van der Waals surface area contributed by atoms with Gasteiger partial charge in [0.05, 0.1) is 11.4 Å². The Labute approximate surface area is 80.7 Å². The van der Waals surface area contributed by atoms with Crippen LogP contribution in [0.3, 0.4) is 0 Å². The van der Waals surface area contributed by atoms with Gasteiger partial charge in [-0.05, 0) is 11.6 Å². The molecule has 3 N–H and O–H groups in total. The van der Waals surface area contributed by atoms with Crippen molar-refractivity contribution >= 4 is 23.4 Å². The van der Waals surface area contributed by atoms with Crippen LogP contribution in [0.5, 0.6) is 0 Å². The second-order valence-corrected chi connectivity index (χ2v) is 3.82. The van der Waals surface area contributed by atoms with Crippen molar-refractivity contribution in [2.24, 2.45) is 5.73 Å². The van der Waals surface area contributed by atoms with Crippen LogP contribution in [-0.4, -0.2) is 11.7 Å². The number of thioether (sulfide) groups is 1. The van der Waals surface area contributed by atoms with E-state index in [1.165, 1.54) is 0 Å². The maximum absolute atomic E-state index is 11.1. The molecule has 1 heterocycles. The Balaban J connectivity index is 2.45. The lowest BCUT2D eigenvalue weighted by Gasteiger charge is -2.18. The number of nitrogens with one attached hydrogen (secondary N) is 1. The predicted molar refractivity (Wildman–Crippen MR) is 53.7 cm³/mol. The molecular weight excluding hydrogens is 184 g/mol. The van der Waals surface area contributed by atoms with E-state index in [1.807, 2.05) is 18.2 Å². The number of hydrogen-bond donors (Lipinski definition) is 2. The van der Waals surface area contributed by atoms with E-state index in [9.17, 15) is 4.79 Å². The number of amides is 1. The molecule has 0 unspecified atom stereocenters. The molecule has 0 fully saturated rings. The van der Waals surface area contributed by atoms with Crippen LogP contribution in [0.1, 0.15) is 5.56 Å². The average molecular weight is 194 g/mol. The number of fused-ring (bicyclic) bond motifs is 1. The molecule has 0 spiro atoms. The minimum absolute atomic E-state index is 0.0617. The standard InChI is InChI=1S/C9H10N2OS/c10-4-6-2-1-3-7-9(6)13-5-8(12)11-7/h1-3H,4-5,10H2,(H,11,12). The van der Waals surface area contributed by atoms with Gasteiger partial charge in [0.15, 0.2) is 0 Å². The summed E-state index contributed by atoms with van der Waals surface area (Å²) in [5.74, 6) is 0.552. The van der Waals surface area contributed by atoms with E-state index in [2.05, 4.69) is 5.32 Å². The van der Waals surface area contributed by atoms with E-state index in [4.69, 9.17) is 5.73 Å². The molecule has 0 radical (unpaired) electrons. The summed E-state index contributed by atoms with van der Waals surface area (Å²) in [6.07, 6.45) is 0. The van der Waals surface area contributed by atoms with Gasteiger partial charge in [0.25, 0.3) is 0 Å². The zero-order valence-electron chi connectivity index (χ0n) is 7.04. The molecule has 68 valence electrons. The maximum atomic E-state index is 11.1. The van der Waals surface area contributed by atoms with Gasteiger partial charge < -0.3 is 11.1 Å². The van der Waals surface area contributed by atoms with Gasteiger partial charge in [-0.2, -0.15) is 0 Å².